The van der Waals surface area contributed by atoms with Gasteiger partial charge in [-0.3, -0.25) is 9.59 Å². The van der Waals surface area contributed by atoms with Crippen molar-refractivity contribution in [2.45, 2.75) is 32.4 Å². The number of phenolic OH excluding ortho intramolecular Hbond substituents is 1. The Labute approximate surface area is 198 Å². The van der Waals surface area contributed by atoms with Crippen LogP contribution in [-0.2, 0) is 21.2 Å². The lowest BCUT2D eigenvalue weighted by atomic mass is 10.1. The predicted octanol–water partition coefficient (Wildman–Crippen LogP) is 2.89. The summed E-state index contributed by atoms with van der Waals surface area (Å²) >= 11 is 0. The van der Waals surface area contributed by atoms with Crippen molar-refractivity contribution >= 4 is 27.3 Å². The van der Waals surface area contributed by atoms with Crippen molar-refractivity contribution in [1.29, 1.82) is 0 Å². The number of aromatic hydroxyl groups is 1. The van der Waals surface area contributed by atoms with Crippen LogP contribution in [0.4, 0.5) is 5.69 Å². The molecule has 1 heterocycles. The highest BCUT2D eigenvalue weighted by Crippen LogP contribution is 2.42. The lowest BCUT2D eigenvalue weighted by Crippen LogP contribution is -2.34. The van der Waals surface area contributed by atoms with Gasteiger partial charge in [0.05, 0.1) is 36.8 Å². The molecule has 1 fully saturated rings. The maximum absolute atomic E-state index is 13.6. The van der Waals surface area contributed by atoms with E-state index in [0.717, 1.165) is 19.1 Å². The molecule has 0 saturated heterocycles. The molecule has 182 valence electrons. The maximum atomic E-state index is 13.6. The lowest BCUT2D eigenvalue weighted by Gasteiger charge is -2.28. The SMILES string of the molecule is CCOc1cc([C@@H](CS(C)(=O)=O)N2Cc3ccc(O)c(NC(=O)C4CC4)c3C2=O)ccc1OC. The monoisotopic (exact) mass is 488 g/mol. The molecule has 0 bridgehead atoms. The number of sulfone groups is 1. The Balaban J connectivity index is 1.73. The van der Waals surface area contributed by atoms with E-state index in [2.05, 4.69) is 5.32 Å². The third kappa shape index (κ3) is 4.82. The number of rotatable bonds is 9. The molecule has 2 N–H and O–H groups in total. The number of ether oxygens (including phenoxy) is 2. The number of nitrogens with zero attached hydrogens (tertiary/aromatic N) is 1. The van der Waals surface area contributed by atoms with Crippen molar-refractivity contribution in [3.05, 3.63) is 47.0 Å². The summed E-state index contributed by atoms with van der Waals surface area (Å²) < 4.78 is 35.7. The fraction of sp³-hybridized carbons (Fsp3) is 0.417. The van der Waals surface area contributed by atoms with Crippen LogP contribution in [0, 0.1) is 5.92 Å². The maximum Gasteiger partial charge on any atom is 0.257 e. The number of phenols is 1. The van der Waals surface area contributed by atoms with Gasteiger partial charge in [0.15, 0.2) is 11.5 Å². The van der Waals surface area contributed by atoms with Crippen LogP contribution in [-0.4, -0.2) is 56.0 Å². The molecule has 34 heavy (non-hydrogen) atoms. The fourth-order valence-electron chi connectivity index (χ4n) is 4.18. The zero-order chi connectivity index (χ0) is 24.6. The number of nitrogens with one attached hydrogen (secondary N) is 1. The highest BCUT2D eigenvalue weighted by Gasteiger charge is 2.39. The summed E-state index contributed by atoms with van der Waals surface area (Å²) in [6, 6.07) is 7.31. The van der Waals surface area contributed by atoms with E-state index in [1.54, 1.807) is 24.3 Å². The molecule has 0 spiro atoms. The summed E-state index contributed by atoms with van der Waals surface area (Å²) in [5.74, 6) is -0.378. The number of hydrogen-bond donors (Lipinski definition) is 2. The number of methoxy groups -OCH3 is 1. The Hall–Kier alpha value is -3.27. The minimum atomic E-state index is -3.49. The second kappa shape index (κ2) is 9.17. The van der Waals surface area contributed by atoms with Crippen LogP contribution >= 0.6 is 0 Å². The number of carbonyl (C=O) groups excluding carboxylic acids is 2. The Morgan fingerprint density at radius 3 is 2.59 bits per heavy atom. The van der Waals surface area contributed by atoms with E-state index in [-0.39, 0.29) is 41.1 Å². The predicted molar refractivity (Wildman–Crippen MR) is 126 cm³/mol. The molecular formula is C24H28N2O7S. The Bertz CT molecular complexity index is 1240. The number of hydrogen-bond acceptors (Lipinski definition) is 7. The molecule has 0 aromatic heterocycles. The Morgan fingerprint density at radius 1 is 1.24 bits per heavy atom. The van der Waals surface area contributed by atoms with E-state index in [4.69, 9.17) is 9.47 Å². The van der Waals surface area contributed by atoms with Crippen LogP contribution in [0.25, 0.3) is 0 Å². The van der Waals surface area contributed by atoms with Gasteiger partial charge in [-0.25, -0.2) is 8.42 Å². The largest absolute Gasteiger partial charge is 0.506 e. The first kappa shape index (κ1) is 23.9. The molecule has 1 atom stereocenters. The van der Waals surface area contributed by atoms with Gasteiger partial charge in [-0.1, -0.05) is 12.1 Å². The van der Waals surface area contributed by atoms with Gasteiger partial charge in [0.2, 0.25) is 5.91 Å². The smallest absolute Gasteiger partial charge is 0.257 e. The lowest BCUT2D eigenvalue weighted by molar-refractivity contribution is -0.117. The average molecular weight is 489 g/mol. The number of amides is 2. The molecule has 1 aliphatic carbocycles. The van der Waals surface area contributed by atoms with Crippen molar-refractivity contribution in [3.8, 4) is 17.2 Å². The Kier molecular flexibility index (Phi) is 6.44. The zero-order valence-corrected chi connectivity index (χ0v) is 20.1. The molecule has 9 nitrogen and oxygen atoms in total. The van der Waals surface area contributed by atoms with E-state index < -0.39 is 21.8 Å². The standard InChI is InChI=1S/C24H28N2O7S/c1-4-33-20-11-15(8-10-19(20)32-2)17(13-34(3,30)31)26-12-16-7-9-18(27)22(21(16)24(26)29)25-23(28)14-5-6-14/h7-11,14,17,27H,4-6,12-13H2,1-3H3,(H,25,28)/t17-/m1/s1. The van der Waals surface area contributed by atoms with Gasteiger partial charge in [0.1, 0.15) is 15.6 Å². The number of fused-ring (bicyclic) bond motifs is 1. The van der Waals surface area contributed by atoms with Gasteiger partial charge >= 0.3 is 0 Å². The molecule has 2 aliphatic rings. The highest BCUT2D eigenvalue weighted by atomic mass is 32.2. The minimum absolute atomic E-state index is 0.0738. The molecule has 10 heteroatoms. The van der Waals surface area contributed by atoms with Crippen molar-refractivity contribution < 1.29 is 32.6 Å². The molecule has 1 saturated carbocycles. The normalized spacial score (nSPS) is 16.2. The molecule has 0 radical (unpaired) electrons. The van der Waals surface area contributed by atoms with Gasteiger partial charge < -0.3 is 24.8 Å². The summed E-state index contributed by atoms with van der Waals surface area (Å²) in [5, 5.41) is 13.1. The number of benzene rings is 2. The third-order valence-electron chi connectivity index (χ3n) is 5.99. The van der Waals surface area contributed by atoms with Gasteiger partial charge in [-0.15, -0.1) is 0 Å². The molecule has 2 aromatic carbocycles. The number of carbonyl (C=O) groups is 2. The topological polar surface area (TPSA) is 122 Å². The van der Waals surface area contributed by atoms with Crippen LogP contribution in [0.2, 0.25) is 0 Å². The van der Waals surface area contributed by atoms with E-state index in [0.29, 0.717) is 29.2 Å². The Morgan fingerprint density at radius 2 is 1.97 bits per heavy atom. The van der Waals surface area contributed by atoms with Gasteiger partial charge in [-0.05, 0) is 49.1 Å². The summed E-state index contributed by atoms with van der Waals surface area (Å²) in [6.07, 6.45) is 2.67. The van der Waals surface area contributed by atoms with Gasteiger partial charge in [-0.2, -0.15) is 0 Å². The van der Waals surface area contributed by atoms with Gasteiger partial charge in [0, 0.05) is 18.7 Å². The second-order valence-corrected chi connectivity index (χ2v) is 10.8. The first-order chi connectivity index (χ1) is 16.1. The molecule has 1 aliphatic heterocycles. The second-order valence-electron chi connectivity index (χ2n) is 8.64. The summed E-state index contributed by atoms with van der Waals surface area (Å²) in [6.45, 7) is 2.34. The summed E-state index contributed by atoms with van der Waals surface area (Å²) in [4.78, 5) is 27.4. The first-order valence-corrected chi connectivity index (χ1v) is 13.1. The van der Waals surface area contributed by atoms with Crippen molar-refractivity contribution in [2.75, 3.05) is 31.0 Å². The van der Waals surface area contributed by atoms with E-state index in [9.17, 15) is 23.1 Å². The molecule has 0 unspecified atom stereocenters. The molecule has 4 rings (SSSR count). The van der Waals surface area contributed by atoms with Crippen LogP contribution in [0.1, 0.15) is 47.3 Å². The summed E-state index contributed by atoms with van der Waals surface area (Å²) in [7, 11) is -1.98. The minimum Gasteiger partial charge on any atom is -0.506 e. The van der Waals surface area contributed by atoms with Gasteiger partial charge in [0.25, 0.3) is 5.91 Å². The fourth-order valence-corrected chi connectivity index (χ4v) is 5.13. The summed E-state index contributed by atoms with van der Waals surface area (Å²) in [5.41, 5.74) is 1.44. The van der Waals surface area contributed by atoms with Crippen LogP contribution in [0.3, 0.4) is 0 Å². The number of anilines is 1. The zero-order valence-electron chi connectivity index (χ0n) is 19.3. The van der Waals surface area contributed by atoms with Crippen molar-refractivity contribution in [2.24, 2.45) is 5.92 Å². The molecular weight excluding hydrogens is 460 g/mol. The van der Waals surface area contributed by atoms with Crippen molar-refractivity contribution in [1.82, 2.24) is 4.90 Å². The van der Waals surface area contributed by atoms with Crippen LogP contribution in [0.5, 0.6) is 17.2 Å². The van der Waals surface area contributed by atoms with E-state index >= 15 is 0 Å². The van der Waals surface area contributed by atoms with Crippen molar-refractivity contribution in [3.63, 3.8) is 0 Å². The quantitative estimate of drug-likeness (QED) is 0.521. The molecule has 2 aromatic rings. The van der Waals surface area contributed by atoms with Crippen LogP contribution in [0.15, 0.2) is 30.3 Å². The third-order valence-corrected chi connectivity index (χ3v) is 6.91. The van der Waals surface area contributed by atoms with Crippen LogP contribution < -0.4 is 14.8 Å². The average Bonchev–Trinajstić information content (AvgIpc) is 3.58. The molecule has 2 amide bonds. The first-order valence-electron chi connectivity index (χ1n) is 11.1. The highest BCUT2D eigenvalue weighted by molar-refractivity contribution is 7.90. The van der Waals surface area contributed by atoms with E-state index in [1.807, 2.05) is 6.92 Å². The van der Waals surface area contributed by atoms with E-state index in [1.165, 1.54) is 18.1 Å².